The third kappa shape index (κ3) is 3.01. The average molecular weight is 238 g/mol. The highest BCUT2D eigenvalue weighted by Crippen LogP contribution is 2.09. The van der Waals surface area contributed by atoms with Gasteiger partial charge in [0.05, 0.1) is 12.2 Å². The van der Waals surface area contributed by atoms with Gasteiger partial charge < -0.3 is 15.5 Å². The molecule has 0 atom stereocenters. The van der Waals surface area contributed by atoms with Crippen LogP contribution in [0.2, 0.25) is 0 Å². The van der Waals surface area contributed by atoms with Crippen LogP contribution in [0, 0.1) is 0 Å². The molecular formula is C10H18N6O. The van der Waals surface area contributed by atoms with E-state index in [-0.39, 0.29) is 5.91 Å². The molecule has 17 heavy (non-hydrogen) atoms. The summed E-state index contributed by atoms with van der Waals surface area (Å²) in [4.78, 5) is 13.7. The van der Waals surface area contributed by atoms with Crippen molar-refractivity contribution in [2.45, 2.75) is 6.04 Å². The Morgan fingerprint density at radius 2 is 2.41 bits per heavy atom. The molecule has 7 heteroatoms. The lowest BCUT2D eigenvalue weighted by molar-refractivity contribution is 0.0946. The summed E-state index contributed by atoms with van der Waals surface area (Å²) < 4.78 is 1.75. The van der Waals surface area contributed by atoms with Gasteiger partial charge in [-0.25, -0.2) is 4.68 Å². The third-order valence-electron chi connectivity index (χ3n) is 2.72. The SMILES string of the molecule is CN(C)CCNC(=O)c1cn(C2CNC2)nn1. The van der Waals surface area contributed by atoms with E-state index < -0.39 is 0 Å². The monoisotopic (exact) mass is 238 g/mol. The molecule has 0 aliphatic carbocycles. The molecular weight excluding hydrogens is 220 g/mol. The van der Waals surface area contributed by atoms with Crippen LogP contribution in [0.4, 0.5) is 0 Å². The van der Waals surface area contributed by atoms with Crippen LogP contribution in [0.25, 0.3) is 0 Å². The molecule has 1 amide bonds. The second-order valence-electron chi connectivity index (χ2n) is 4.46. The third-order valence-corrected chi connectivity index (χ3v) is 2.72. The quantitative estimate of drug-likeness (QED) is 0.668. The number of carbonyl (C=O) groups is 1. The van der Waals surface area contributed by atoms with E-state index in [4.69, 9.17) is 0 Å². The smallest absolute Gasteiger partial charge is 0.273 e. The minimum Gasteiger partial charge on any atom is -0.349 e. The van der Waals surface area contributed by atoms with E-state index in [1.807, 2.05) is 19.0 Å². The van der Waals surface area contributed by atoms with E-state index in [0.717, 1.165) is 19.6 Å². The fourth-order valence-electron chi connectivity index (χ4n) is 1.50. The predicted octanol–water partition coefficient (Wildman–Crippen LogP) is -1.29. The van der Waals surface area contributed by atoms with E-state index in [9.17, 15) is 4.79 Å². The van der Waals surface area contributed by atoms with Crippen molar-refractivity contribution in [2.24, 2.45) is 0 Å². The minimum atomic E-state index is -0.162. The van der Waals surface area contributed by atoms with E-state index >= 15 is 0 Å². The first-order valence-electron chi connectivity index (χ1n) is 5.72. The highest BCUT2D eigenvalue weighted by Gasteiger charge is 2.21. The number of hydrogen-bond donors (Lipinski definition) is 2. The average Bonchev–Trinajstić information content (AvgIpc) is 2.63. The zero-order valence-electron chi connectivity index (χ0n) is 10.2. The Bertz CT molecular complexity index is 384. The lowest BCUT2D eigenvalue weighted by Crippen LogP contribution is -2.43. The zero-order chi connectivity index (χ0) is 12.3. The number of carbonyl (C=O) groups excluding carboxylic acids is 1. The van der Waals surface area contributed by atoms with Crippen molar-refractivity contribution in [3.63, 3.8) is 0 Å². The van der Waals surface area contributed by atoms with Gasteiger partial charge in [-0.2, -0.15) is 0 Å². The molecule has 1 aromatic heterocycles. The summed E-state index contributed by atoms with van der Waals surface area (Å²) in [7, 11) is 3.93. The van der Waals surface area contributed by atoms with Crippen LogP contribution in [-0.4, -0.2) is 66.1 Å². The number of likely N-dealkylation sites (N-methyl/N-ethyl adjacent to an activating group) is 1. The molecule has 1 saturated heterocycles. The Morgan fingerprint density at radius 3 is 3.00 bits per heavy atom. The number of rotatable bonds is 5. The normalized spacial score (nSPS) is 15.9. The Morgan fingerprint density at radius 1 is 1.65 bits per heavy atom. The lowest BCUT2D eigenvalue weighted by atomic mass is 10.2. The highest BCUT2D eigenvalue weighted by molar-refractivity contribution is 5.91. The van der Waals surface area contributed by atoms with E-state index in [0.29, 0.717) is 18.3 Å². The number of aromatic nitrogens is 3. The largest absolute Gasteiger partial charge is 0.349 e. The van der Waals surface area contributed by atoms with Gasteiger partial charge in [-0.15, -0.1) is 5.10 Å². The lowest BCUT2D eigenvalue weighted by Gasteiger charge is -2.26. The van der Waals surface area contributed by atoms with Crippen molar-refractivity contribution in [3.05, 3.63) is 11.9 Å². The minimum absolute atomic E-state index is 0.162. The Balaban J connectivity index is 1.84. The molecule has 2 heterocycles. The number of nitrogens with one attached hydrogen (secondary N) is 2. The zero-order valence-corrected chi connectivity index (χ0v) is 10.2. The van der Waals surface area contributed by atoms with Crippen LogP contribution < -0.4 is 10.6 Å². The first kappa shape index (κ1) is 12.0. The summed E-state index contributed by atoms with van der Waals surface area (Å²) in [5.74, 6) is -0.162. The molecule has 94 valence electrons. The van der Waals surface area contributed by atoms with E-state index in [2.05, 4.69) is 20.9 Å². The Kier molecular flexibility index (Phi) is 3.70. The van der Waals surface area contributed by atoms with Crippen molar-refractivity contribution in [1.82, 2.24) is 30.5 Å². The summed E-state index contributed by atoms with van der Waals surface area (Å²) in [5.41, 5.74) is 0.385. The topological polar surface area (TPSA) is 75.1 Å². The van der Waals surface area contributed by atoms with Crippen LogP contribution >= 0.6 is 0 Å². The first-order valence-corrected chi connectivity index (χ1v) is 5.72. The van der Waals surface area contributed by atoms with Crippen molar-refractivity contribution >= 4 is 5.91 Å². The first-order chi connectivity index (χ1) is 8.16. The standard InChI is InChI=1S/C10H18N6O/c1-15(2)4-3-12-10(17)9-7-16(14-13-9)8-5-11-6-8/h7-8,11H,3-6H2,1-2H3,(H,12,17). The number of hydrogen-bond acceptors (Lipinski definition) is 5. The molecule has 0 saturated carbocycles. The van der Waals surface area contributed by atoms with E-state index in [1.54, 1.807) is 10.9 Å². The van der Waals surface area contributed by atoms with Gasteiger partial charge in [0.15, 0.2) is 5.69 Å². The van der Waals surface area contributed by atoms with Gasteiger partial charge >= 0.3 is 0 Å². The molecule has 0 spiro atoms. The molecule has 0 bridgehead atoms. The molecule has 1 aliphatic rings. The molecule has 1 aliphatic heterocycles. The maximum Gasteiger partial charge on any atom is 0.273 e. The Hall–Kier alpha value is -1.47. The second-order valence-corrected chi connectivity index (χ2v) is 4.46. The van der Waals surface area contributed by atoms with Gasteiger partial charge in [-0.05, 0) is 14.1 Å². The van der Waals surface area contributed by atoms with Gasteiger partial charge in [0.1, 0.15) is 0 Å². The van der Waals surface area contributed by atoms with Crippen molar-refractivity contribution < 1.29 is 4.79 Å². The second kappa shape index (κ2) is 5.24. The number of amides is 1. The molecule has 2 N–H and O–H groups in total. The maximum absolute atomic E-state index is 11.7. The summed E-state index contributed by atoms with van der Waals surface area (Å²) in [5, 5.41) is 13.8. The molecule has 0 radical (unpaired) electrons. The van der Waals surface area contributed by atoms with Gasteiger partial charge in [-0.1, -0.05) is 5.21 Å². The molecule has 1 aromatic rings. The van der Waals surface area contributed by atoms with Crippen LogP contribution in [0.3, 0.4) is 0 Å². The van der Waals surface area contributed by atoms with Crippen LogP contribution in [0.5, 0.6) is 0 Å². The summed E-state index contributed by atoms with van der Waals surface area (Å²) in [6.07, 6.45) is 1.70. The maximum atomic E-state index is 11.7. The molecule has 7 nitrogen and oxygen atoms in total. The van der Waals surface area contributed by atoms with Crippen LogP contribution in [-0.2, 0) is 0 Å². The van der Waals surface area contributed by atoms with E-state index in [1.165, 1.54) is 0 Å². The highest BCUT2D eigenvalue weighted by atomic mass is 16.2. The molecule has 2 rings (SSSR count). The van der Waals surface area contributed by atoms with Gasteiger partial charge in [0.2, 0.25) is 0 Å². The van der Waals surface area contributed by atoms with Gasteiger partial charge in [-0.3, -0.25) is 4.79 Å². The van der Waals surface area contributed by atoms with Crippen LogP contribution in [0.1, 0.15) is 16.5 Å². The van der Waals surface area contributed by atoms with Crippen LogP contribution in [0.15, 0.2) is 6.20 Å². The molecule has 1 fully saturated rings. The van der Waals surface area contributed by atoms with Crippen molar-refractivity contribution in [2.75, 3.05) is 40.3 Å². The molecule has 0 unspecified atom stereocenters. The Labute approximate surface area is 100 Å². The molecule has 0 aromatic carbocycles. The summed E-state index contributed by atoms with van der Waals surface area (Å²) >= 11 is 0. The summed E-state index contributed by atoms with van der Waals surface area (Å²) in [6, 6.07) is 0.339. The fourth-order valence-corrected chi connectivity index (χ4v) is 1.50. The van der Waals surface area contributed by atoms with Gasteiger partial charge in [0, 0.05) is 26.2 Å². The van der Waals surface area contributed by atoms with Crippen molar-refractivity contribution in [1.29, 1.82) is 0 Å². The summed E-state index contributed by atoms with van der Waals surface area (Å²) in [6.45, 7) is 3.21. The number of nitrogens with zero attached hydrogens (tertiary/aromatic N) is 4. The fraction of sp³-hybridized carbons (Fsp3) is 0.700. The van der Waals surface area contributed by atoms with Gasteiger partial charge in [0.25, 0.3) is 5.91 Å². The predicted molar refractivity (Wildman–Crippen MR) is 62.8 cm³/mol. The van der Waals surface area contributed by atoms with Crippen molar-refractivity contribution in [3.8, 4) is 0 Å².